The van der Waals surface area contributed by atoms with E-state index in [1.165, 1.54) is 44.5 Å². The van der Waals surface area contributed by atoms with E-state index in [-0.39, 0.29) is 5.78 Å². The molecule has 1 heteroatoms. The molecule has 0 atom stereocenters. The van der Waals surface area contributed by atoms with Gasteiger partial charge < -0.3 is 0 Å². The first kappa shape index (κ1) is 31.0. The Hall–Kier alpha value is -5.01. The lowest BCUT2D eigenvalue weighted by molar-refractivity contribution is 0.103. The average Bonchev–Trinajstić information content (AvgIpc) is 2.98. The second-order valence-electron chi connectivity index (χ2n) is 13.4. The maximum Gasteiger partial charge on any atom is 0.193 e. The summed E-state index contributed by atoms with van der Waals surface area (Å²) in [7, 11) is 0. The van der Waals surface area contributed by atoms with E-state index in [1.807, 2.05) is 0 Å². The van der Waals surface area contributed by atoms with Crippen molar-refractivity contribution in [2.45, 2.75) is 55.4 Å². The topological polar surface area (TPSA) is 17.1 Å². The molecule has 0 aliphatic rings. The molecule has 0 radical (unpaired) electrons. The van der Waals surface area contributed by atoms with Crippen molar-refractivity contribution in [2.24, 2.45) is 0 Å². The molecule has 1 nitrogen and oxygen atoms in total. The van der Waals surface area contributed by atoms with Crippen molar-refractivity contribution in [1.29, 1.82) is 0 Å². The van der Waals surface area contributed by atoms with Gasteiger partial charge in [-0.15, -0.1) is 0 Å². The van der Waals surface area contributed by atoms with Crippen molar-refractivity contribution < 1.29 is 4.79 Å². The molecule has 6 rings (SSSR count). The zero-order chi connectivity index (χ0) is 32.7. The fourth-order valence-electron chi connectivity index (χ4n) is 6.92. The molecule has 0 bridgehead atoms. The fraction of sp³-hybridized carbons (Fsp3) is 0.178. The van der Waals surface area contributed by atoms with Crippen LogP contribution in [0.1, 0.15) is 60.4 Å². The minimum atomic E-state index is 0.0219. The summed E-state index contributed by atoms with van der Waals surface area (Å²) in [6, 6.07) is 39.2. The molecule has 0 saturated carbocycles. The van der Waals surface area contributed by atoms with Crippen LogP contribution < -0.4 is 0 Å². The highest BCUT2D eigenvalue weighted by Gasteiger charge is 2.17. The predicted octanol–water partition coefficient (Wildman–Crippen LogP) is 12.1. The van der Waals surface area contributed by atoms with Crippen molar-refractivity contribution in [3.05, 3.63) is 165 Å². The Kier molecular flexibility index (Phi) is 8.36. The maximum atomic E-state index is 14.7. The number of hydrogen-bond donors (Lipinski definition) is 0. The van der Waals surface area contributed by atoms with Crippen LogP contribution in [-0.2, 0) is 0 Å². The lowest BCUT2D eigenvalue weighted by Crippen LogP contribution is -2.04. The van der Waals surface area contributed by atoms with Gasteiger partial charge in [-0.05, 0) is 136 Å². The summed E-state index contributed by atoms with van der Waals surface area (Å²) in [5.74, 6) is 0.0219. The summed E-state index contributed by atoms with van der Waals surface area (Å²) in [5.41, 5.74) is 19.7. The van der Waals surface area contributed by atoms with Gasteiger partial charge in [-0.3, -0.25) is 4.79 Å². The molecule has 0 unspecified atom stereocenters. The zero-order valence-corrected chi connectivity index (χ0v) is 28.3. The number of ketones is 1. The van der Waals surface area contributed by atoms with Gasteiger partial charge >= 0.3 is 0 Å². The lowest BCUT2D eigenvalue weighted by atomic mass is 9.88. The first-order valence-electron chi connectivity index (χ1n) is 16.1. The van der Waals surface area contributed by atoms with E-state index in [1.54, 1.807) is 0 Å². The smallest absolute Gasteiger partial charge is 0.193 e. The van der Waals surface area contributed by atoms with Crippen molar-refractivity contribution in [1.82, 2.24) is 0 Å². The van der Waals surface area contributed by atoms with Crippen molar-refractivity contribution in [3.63, 3.8) is 0 Å². The Morgan fingerprint density at radius 2 is 0.435 bits per heavy atom. The third kappa shape index (κ3) is 6.80. The number of aryl methyl sites for hydroxylation is 8. The van der Waals surface area contributed by atoms with Crippen LogP contribution in [0.15, 0.2) is 109 Å². The Morgan fingerprint density at radius 1 is 0.261 bits per heavy atom. The van der Waals surface area contributed by atoms with Crippen LogP contribution in [0, 0.1) is 55.4 Å². The van der Waals surface area contributed by atoms with Crippen LogP contribution in [0.2, 0.25) is 0 Å². The van der Waals surface area contributed by atoms with E-state index in [0.29, 0.717) is 11.1 Å². The number of rotatable bonds is 6. The first-order valence-corrected chi connectivity index (χ1v) is 16.1. The first-order chi connectivity index (χ1) is 21.9. The van der Waals surface area contributed by atoms with Gasteiger partial charge in [-0.25, -0.2) is 0 Å². The number of carbonyl (C=O) groups is 1. The molecular formula is C45H42O. The highest BCUT2D eigenvalue weighted by atomic mass is 16.1. The summed E-state index contributed by atoms with van der Waals surface area (Å²) in [5, 5.41) is 0. The molecule has 228 valence electrons. The highest BCUT2D eigenvalue weighted by molar-refractivity contribution is 6.11. The van der Waals surface area contributed by atoms with Crippen LogP contribution in [0.25, 0.3) is 44.5 Å². The van der Waals surface area contributed by atoms with Gasteiger partial charge in [0.05, 0.1) is 0 Å². The van der Waals surface area contributed by atoms with Crippen molar-refractivity contribution in [2.75, 3.05) is 0 Å². The second-order valence-corrected chi connectivity index (χ2v) is 13.4. The van der Waals surface area contributed by atoms with E-state index in [0.717, 1.165) is 44.5 Å². The predicted molar refractivity (Wildman–Crippen MR) is 196 cm³/mol. The largest absolute Gasteiger partial charge is 0.289 e. The molecular weight excluding hydrogens is 556 g/mol. The van der Waals surface area contributed by atoms with E-state index >= 15 is 0 Å². The summed E-state index contributed by atoms with van der Waals surface area (Å²) in [4.78, 5) is 14.7. The Bertz CT molecular complexity index is 1770. The molecule has 0 N–H and O–H groups in total. The molecule has 46 heavy (non-hydrogen) atoms. The summed E-state index contributed by atoms with van der Waals surface area (Å²) in [6.45, 7) is 17.0. The third-order valence-electron chi connectivity index (χ3n) is 8.61. The van der Waals surface area contributed by atoms with Crippen LogP contribution >= 0.6 is 0 Å². The summed E-state index contributed by atoms with van der Waals surface area (Å²) >= 11 is 0. The van der Waals surface area contributed by atoms with Gasteiger partial charge in [0.2, 0.25) is 0 Å². The van der Waals surface area contributed by atoms with E-state index < -0.39 is 0 Å². The summed E-state index contributed by atoms with van der Waals surface area (Å²) in [6.07, 6.45) is 0. The van der Waals surface area contributed by atoms with E-state index in [9.17, 15) is 4.79 Å². The van der Waals surface area contributed by atoms with Crippen LogP contribution in [-0.4, -0.2) is 5.78 Å². The number of hydrogen-bond acceptors (Lipinski definition) is 1. The maximum absolute atomic E-state index is 14.7. The molecule has 0 saturated heterocycles. The average molecular weight is 599 g/mol. The monoisotopic (exact) mass is 598 g/mol. The molecule has 6 aromatic rings. The quantitative estimate of drug-likeness (QED) is 0.174. The van der Waals surface area contributed by atoms with Gasteiger partial charge in [0.1, 0.15) is 0 Å². The van der Waals surface area contributed by atoms with E-state index in [4.69, 9.17) is 0 Å². The number of benzene rings is 6. The molecule has 0 fully saturated rings. The molecule has 0 aliphatic carbocycles. The fourth-order valence-corrected chi connectivity index (χ4v) is 6.92. The Labute approximate surface area is 274 Å². The molecule has 6 aromatic carbocycles. The summed E-state index contributed by atoms with van der Waals surface area (Å²) < 4.78 is 0. The van der Waals surface area contributed by atoms with Crippen molar-refractivity contribution >= 4 is 5.78 Å². The Morgan fingerprint density at radius 3 is 0.630 bits per heavy atom. The van der Waals surface area contributed by atoms with Gasteiger partial charge in [-0.2, -0.15) is 0 Å². The van der Waals surface area contributed by atoms with Gasteiger partial charge in [-0.1, -0.05) is 117 Å². The normalized spacial score (nSPS) is 11.1. The molecule has 0 aliphatic heterocycles. The minimum absolute atomic E-state index is 0.0219. The van der Waals surface area contributed by atoms with Gasteiger partial charge in [0.25, 0.3) is 0 Å². The Balaban J connectivity index is 1.57. The van der Waals surface area contributed by atoms with Crippen LogP contribution in [0.5, 0.6) is 0 Å². The SMILES string of the molecule is Cc1cc(C)cc(-c2cc(C(=O)c3cc(-c4cc(C)cc(C)c4)cc(-c4cc(C)cc(C)c4)c3)cc(-c3cc(C)cc(C)c3)c2)c1. The molecule has 0 heterocycles. The second kappa shape index (κ2) is 12.4. The van der Waals surface area contributed by atoms with Gasteiger partial charge in [0, 0.05) is 11.1 Å². The number of carbonyl (C=O) groups excluding carboxylic acids is 1. The van der Waals surface area contributed by atoms with E-state index in [2.05, 4.69) is 165 Å². The molecule has 0 spiro atoms. The van der Waals surface area contributed by atoms with Gasteiger partial charge in [0.15, 0.2) is 5.78 Å². The van der Waals surface area contributed by atoms with Crippen molar-refractivity contribution in [3.8, 4) is 44.5 Å². The van der Waals surface area contributed by atoms with Crippen LogP contribution in [0.4, 0.5) is 0 Å². The molecule has 0 aromatic heterocycles. The standard InChI is InChI=1S/C45H42O/c1-27-9-28(2)14-35(13-27)39-21-40(36-15-29(3)10-30(4)16-36)24-43(23-39)45(46)44-25-41(37-17-31(5)11-32(6)18-37)22-42(26-44)38-19-33(7)12-34(8)20-38/h9-26H,1-8H3. The lowest BCUT2D eigenvalue weighted by Gasteiger charge is -2.15. The highest BCUT2D eigenvalue weighted by Crippen LogP contribution is 2.34. The molecule has 0 amide bonds. The minimum Gasteiger partial charge on any atom is -0.289 e. The third-order valence-corrected chi connectivity index (χ3v) is 8.61. The van der Waals surface area contributed by atoms with Crippen LogP contribution in [0.3, 0.4) is 0 Å². The zero-order valence-electron chi connectivity index (χ0n) is 28.3.